The first-order chi connectivity index (χ1) is 6.13. The summed E-state index contributed by atoms with van der Waals surface area (Å²) >= 11 is 11.5. The van der Waals surface area contributed by atoms with Gasteiger partial charge in [-0.2, -0.15) is 0 Å². The van der Waals surface area contributed by atoms with Crippen molar-refractivity contribution in [3.63, 3.8) is 0 Å². The van der Waals surface area contributed by atoms with Crippen molar-refractivity contribution in [2.75, 3.05) is 6.61 Å². The molecule has 2 N–H and O–H groups in total. The standard InChI is InChI=1S/C9H10Cl2O2/c10-8-2-1-6(4-9(8)11)3-7(13)5-12/h1-2,4,7,12-13H,3,5H2. The van der Waals surface area contributed by atoms with Crippen molar-refractivity contribution in [1.29, 1.82) is 0 Å². The molecule has 0 aliphatic carbocycles. The molecule has 2 nitrogen and oxygen atoms in total. The maximum atomic E-state index is 9.15. The van der Waals surface area contributed by atoms with Gasteiger partial charge in [-0.25, -0.2) is 0 Å². The lowest BCUT2D eigenvalue weighted by atomic mass is 10.1. The van der Waals surface area contributed by atoms with Gasteiger partial charge < -0.3 is 10.2 Å². The normalized spacial score (nSPS) is 12.9. The molecule has 1 aromatic carbocycles. The van der Waals surface area contributed by atoms with Gasteiger partial charge in [0.1, 0.15) is 0 Å². The van der Waals surface area contributed by atoms with E-state index in [0.717, 1.165) is 5.56 Å². The quantitative estimate of drug-likeness (QED) is 0.818. The van der Waals surface area contributed by atoms with Crippen LogP contribution >= 0.6 is 23.2 Å². The van der Waals surface area contributed by atoms with Crippen LogP contribution in [0.2, 0.25) is 10.0 Å². The van der Waals surface area contributed by atoms with Crippen LogP contribution in [0, 0.1) is 0 Å². The highest BCUT2D eigenvalue weighted by Crippen LogP contribution is 2.23. The zero-order valence-corrected chi connectivity index (χ0v) is 8.39. The third-order valence-electron chi connectivity index (χ3n) is 1.67. The van der Waals surface area contributed by atoms with Crippen LogP contribution in [0.15, 0.2) is 18.2 Å². The van der Waals surface area contributed by atoms with Crippen LogP contribution in [0.1, 0.15) is 5.56 Å². The topological polar surface area (TPSA) is 40.5 Å². The highest BCUT2D eigenvalue weighted by Gasteiger charge is 2.05. The highest BCUT2D eigenvalue weighted by atomic mass is 35.5. The number of hydrogen-bond acceptors (Lipinski definition) is 2. The molecule has 0 saturated heterocycles. The van der Waals surface area contributed by atoms with E-state index in [2.05, 4.69) is 0 Å². The maximum absolute atomic E-state index is 9.15. The molecule has 0 bridgehead atoms. The van der Waals surface area contributed by atoms with E-state index in [1.54, 1.807) is 18.2 Å². The molecule has 0 aromatic heterocycles. The van der Waals surface area contributed by atoms with Crippen LogP contribution in [-0.2, 0) is 6.42 Å². The maximum Gasteiger partial charge on any atom is 0.0811 e. The number of rotatable bonds is 3. The Morgan fingerprint density at radius 1 is 1.23 bits per heavy atom. The average Bonchev–Trinajstić information content (AvgIpc) is 2.11. The van der Waals surface area contributed by atoms with Gasteiger partial charge >= 0.3 is 0 Å². The number of aliphatic hydroxyl groups excluding tert-OH is 2. The summed E-state index contributed by atoms with van der Waals surface area (Å²) in [6, 6.07) is 5.12. The molecule has 1 unspecified atom stereocenters. The van der Waals surface area contributed by atoms with Crippen LogP contribution in [0.3, 0.4) is 0 Å². The first kappa shape index (κ1) is 10.8. The van der Waals surface area contributed by atoms with E-state index < -0.39 is 6.10 Å². The molecule has 0 spiro atoms. The predicted molar refractivity (Wildman–Crippen MR) is 53.3 cm³/mol. The van der Waals surface area contributed by atoms with Gasteiger partial charge in [-0.05, 0) is 17.7 Å². The van der Waals surface area contributed by atoms with Crippen molar-refractivity contribution >= 4 is 23.2 Å². The molecule has 0 amide bonds. The summed E-state index contributed by atoms with van der Waals surface area (Å²) < 4.78 is 0. The molecule has 13 heavy (non-hydrogen) atoms. The Balaban J connectivity index is 2.73. The van der Waals surface area contributed by atoms with Crippen LogP contribution in [-0.4, -0.2) is 22.9 Å². The van der Waals surface area contributed by atoms with E-state index >= 15 is 0 Å². The molecule has 0 aliphatic heterocycles. The van der Waals surface area contributed by atoms with Crippen molar-refractivity contribution in [3.8, 4) is 0 Å². The fourth-order valence-electron chi connectivity index (χ4n) is 1.00. The van der Waals surface area contributed by atoms with Crippen molar-refractivity contribution < 1.29 is 10.2 Å². The largest absolute Gasteiger partial charge is 0.394 e. The Morgan fingerprint density at radius 2 is 1.92 bits per heavy atom. The summed E-state index contributed by atoms with van der Waals surface area (Å²) in [6.07, 6.45) is -0.356. The number of benzene rings is 1. The Morgan fingerprint density at radius 3 is 2.46 bits per heavy atom. The number of hydrogen-bond donors (Lipinski definition) is 2. The van der Waals surface area contributed by atoms with E-state index in [4.69, 9.17) is 33.4 Å². The van der Waals surface area contributed by atoms with Gasteiger partial charge in [-0.15, -0.1) is 0 Å². The predicted octanol–water partition coefficient (Wildman–Crippen LogP) is 1.89. The van der Waals surface area contributed by atoms with E-state index in [9.17, 15) is 0 Å². The van der Waals surface area contributed by atoms with Crippen LogP contribution < -0.4 is 0 Å². The number of halogens is 2. The minimum absolute atomic E-state index is 0.250. The molecule has 0 aliphatic rings. The Labute approximate surface area is 86.7 Å². The fraction of sp³-hybridized carbons (Fsp3) is 0.333. The minimum atomic E-state index is -0.739. The molecular formula is C9H10Cl2O2. The Kier molecular flexibility index (Phi) is 4.00. The average molecular weight is 221 g/mol. The lowest BCUT2D eigenvalue weighted by Gasteiger charge is -2.07. The smallest absolute Gasteiger partial charge is 0.0811 e. The SMILES string of the molecule is OCC(O)Cc1ccc(Cl)c(Cl)c1. The Hall–Kier alpha value is -0.280. The van der Waals surface area contributed by atoms with Crippen LogP contribution in [0.5, 0.6) is 0 Å². The lowest BCUT2D eigenvalue weighted by Crippen LogP contribution is -2.14. The zero-order chi connectivity index (χ0) is 9.84. The second-order valence-electron chi connectivity index (χ2n) is 2.79. The van der Waals surface area contributed by atoms with Crippen molar-refractivity contribution in [1.82, 2.24) is 0 Å². The number of aliphatic hydroxyl groups is 2. The van der Waals surface area contributed by atoms with Crippen molar-refractivity contribution in [2.24, 2.45) is 0 Å². The molecule has 1 aromatic rings. The van der Waals surface area contributed by atoms with Gasteiger partial charge in [0.25, 0.3) is 0 Å². The minimum Gasteiger partial charge on any atom is -0.394 e. The second-order valence-corrected chi connectivity index (χ2v) is 3.60. The van der Waals surface area contributed by atoms with E-state index in [1.807, 2.05) is 0 Å². The molecular weight excluding hydrogens is 211 g/mol. The van der Waals surface area contributed by atoms with E-state index in [1.165, 1.54) is 0 Å². The lowest BCUT2D eigenvalue weighted by molar-refractivity contribution is 0.0955. The molecule has 0 heterocycles. The fourth-order valence-corrected chi connectivity index (χ4v) is 1.32. The van der Waals surface area contributed by atoms with Crippen LogP contribution in [0.4, 0.5) is 0 Å². The summed E-state index contributed by atoms with van der Waals surface area (Å²) in [5.74, 6) is 0. The van der Waals surface area contributed by atoms with Gasteiger partial charge in [-0.1, -0.05) is 29.3 Å². The Bertz CT molecular complexity index is 289. The molecule has 1 rings (SSSR count). The van der Waals surface area contributed by atoms with Gasteiger partial charge in [0.15, 0.2) is 0 Å². The molecule has 0 saturated carbocycles. The van der Waals surface area contributed by atoms with Crippen molar-refractivity contribution in [2.45, 2.75) is 12.5 Å². The zero-order valence-electron chi connectivity index (χ0n) is 6.87. The third-order valence-corrected chi connectivity index (χ3v) is 2.41. The first-order valence-electron chi connectivity index (χ1n) is 3.86. The summed E-state index contributed by atoms with van der Waals surface area (Å²) in [5.41, 5.74) is 0.857. The summed E-state index contributed by atoms with van der Waals surface area (Å²) in [5, 5.41) is 18.7. The van der Waals surface area contributed by atoms with Gasteiger partial charge in [0.05, 0.1) is 22.8 Å². The van der Waals surface area contributed by atoms with Crippen molar-refractivity contribution in [3.05, 3.63) is 33.8 Å². The molecule has 72 valence electrons. The van der Waals surface area contributed by atoms with Gasteiger partial charge in [-0.3, -0.25) is 0 Å². The third kappa shape index (κ3) is 3.16. The van der Waals surface area contributed by atoms with Crippen LogP contribution in [0.25, 0.3) is 0 Å². The van der Waals surface area contributed by atoms with Gasteiger partial charge in [0.2, 0.25) is 0 Å². The molecule has 1 atom stereocenters. The monoisotopic (exact) mass is 220 g/mol. The van der Waals surface area contributed by atoms with Gasteiger partial charge in [0, 0.05) is 6.42 Å². The highest BCUT2D eigenvalue weighted by molar-refractivity contribution is 6.42. The summed E-state index contributed by atoms with van der Waals surface area (Å²) in [6.45, 7) is -0.250. The second kappa shape index (κ2) is 4.82. The van der Waals surface area contributed by atoms with E-state index in [0.29, 0.717) is 16.5 Å². The molecule has 4 heteroatoms. The summed E-state index contributed by atoms with van der Waals surface area (Å²) in [7, 11) is 0. The molecule has 0 fully saturated rings. The summed E-state index contributed by atoms with van der Waals surface area (Å²) in [4.78, 5) is 0. The first-order valence-corrected chi connectivity index (χ1v) is 4.62. The van der Waals surface area contributed by atoms with E-state index in [-0.39, 0.29) is 6.61 Å². The molecule has 0 radical (unpaired) electrons.